The van der Waals surface area contributed by atoms with Gasteiger partial charge in [-0.15, -0.1) is 0 Å². The molecule has 1 aromatic heterocycles. The minimum Gasteiger partial charge on any atom is -0.492 e. The fourth-order valence-electron chi connectivity index (χ4n) is 5.41. The molecule has 1 aliphatic carbocycles. The molecular weight excluding hydrogens is 619 g/mol. The highest BCUT2D eigenvalue weighted by Crippen LogP contribution is 2.36. The number of hydrogen-bond donors (Lipinski definition) is 2. The number of thioether (sulfide) groups is 1. The van der Waals surface area contributed by atoms with Gasteiger partial charge in [0.2, 0.25) is 5.91 Å². The predicted octanol–water partition coefficient (Wildman–Crippen LogP) is 4.13. The topological polar surface area (TPSA) is 99.9 Å². The summed E-state index contributed by atoms with van der Waals surface area (Å²) in [7, 11) is 0. The Balaban J connectivity index is 1.08. The van der Waals surface area contributed by atoms with Gasteiger partial charge in [0.15, 0.2) is 5.16 Å². The van der Waals surface area contributed by atoms with Crippen molar-refractivity contribution in [2.24, 2.45) is 0 Å². The number of aliphatic hydroxyl groups is 1. The predicted molar refractivity (Wildman–Crippen MR) is 170 cm³/mol. The Morgan fingerprint density at radius 1 is 1.07 bits per heavy atom. The Bertz CT molecular complexity index is 1500. The zero-order valence-corrected chi connectivity index (χ0v) is 26.5. The molecule has 0 saturated heterocycles. The minimum absolute atomic E-state index is 0.0334. The molecule has 1 fully saturated rings. The van der Waals surface area contributed by atoms with Gasteiger partial charge in [0, 0.05) is 57.4 Å². The van der Waals surface area contributed by atoms with Crippen LogP contribution in [-0.4, -0.2) is 88.1 Å². The molecule has 2 aliphatic rings. The molecule has 13 heteroatoms. The second kappa shape index (κ2) is 15.9. The highest BCUT2D eigenvalue weighted by Gasteiger charge is 2.30. The van der Waals surface area contributed by atoms with E-state index in [1.807, 2.05) is 35.2 Å². The van der Waals surface area contributed by atoms with E-state index in [0.717, 1.165) is 41.5 Å². The highest BCUT2D eigenvalue weighted by atomic mass is 32.2. The van der Waals surface area contributed by atoms with Gasteiger partial charge in [-0.2, -0.15) is 13.2 Å². The third-order valence-corrected chi connectivity index (χ3v) is 9.57. The maximum absolute atomic E-state index is 13.8. The van der Waals surface area contributed by atoms with Crippen molar-refractivity contribution in [3.8, 4) is 11.4 Å². The van der Waals surface area contributed by atoms with Gasteiger partial charge < -0.3 is 20.1 Å². The summed E-state index contributed by atoms with van der Waals surface area (Å²) in [5.74, 6) is 0.311. The lowest BCUT2D eigenvalue weighted by Crippen LogP contribution is -2.42. The molecule has 1 aliphatic heterocycles. The number of hydrogen-bond acceptors (Lipinski definition) is 8. The summed E-state index contributed by atoms with van der Waals surface area (Å²) in [4.78, 5) is 35.6. The molecule has 1 amide bonds. The first kappa shape index (κ1) is 34.0. The van der Waals surface area contributed by atoms with Crippen LogP contribution in [0.25, 0.3) is 5.69 Å². The van der Waals surface area contributed by atoms with E-state index < -0.39 is 11.7 Å². The molecule has 0 radical (unpaired) electrons. The number of para-hydroxylation sites is 1. The lowest BCUT2D eigenvalue weighted by molar-refractivity contribution is -0.137. The smallest absolute Gasteiger partial charge is 0.416 e. The molecule has 2 N–H and O–H groups in total. The Morgan fingerprint density at radius 2 is 1.83 bits per heavy atom. The van der Waals surface area contributed by atoms with E-state index >= 15 is 0 Å². The summed E-state index contributed by atoms with van der Waals surface area (Å²) >= 11 is 1.68. The number of nitrogens with one attached hydrogen (secondary N) is 1. The van der Waals surface area contributed by atoms with Gasteiger partial charge in [-0.25, -0.2) is 4.98 Å². The lowest BCUT2D eigenvalue weighted by atomic mass is 10.0. The summed E-state index contributed by atoms with van der Waals surface area (Å²) in [6, 6.07) is 14.1. The van der Waals surface area contributed by atoms with E-state index in [2.05, 4.69) is 5.32 Å². The third kappa shape index (κ3) is 8.90. The second-order valence-corrected chi connectivity index (χ2v) is 12.7. The van der Waals surface area contributed by atoms with Crippen LogP contribution in [0, 0.1) is 0 Å². The van der Waals surface area contributed by atoms with Gasteiger partial charge in [-0.3, -0.25) is 19.1 Å². The fraction of sp³-hybridized carbons (Fsp3) is 0.485. The Kier molecular flexibility index (Phi) is 11.8. The summed E-state index contributed by atoms with van der Waals surface area (Å²) in [5.41, 5.74) is 1.30. The minimum atomic E-state index is -4.39. The van der Waals surface area contributed by atoms with Crippen molar-refractivity contribution >= 4 is 17.7 Å². The number of aliphatic hydroxyl groups excluding tert-OH is 1. The Labute approximate surface area is 270 Å². The molecule has 248 valence electrons. The number of benzene rings is 2. The maximum atomic E-state index is 13.8. The van der Waals surface area contributed by atoms with Gasteiger partial charge in [0.1, 0.15) is 12.4 Å². The number of carbonyl (C=O) groups is 1. The molecule has 0 unspecified atom stereocenters. The first-order chi connectivity index (χ1) is 22.2. The number of ether oxygens (including phenoxy) is 1. The molecule has 0 bridgehead atoms. The van der Waals surface area contributed by atoms with Crippen molar-refractivity contribution in [1.29, 1.82) is 0 Å². The number of aromatic nitrogens is 2. The first-order valence-electron chi connectivity index (χ1n) is 15.7. The van der Waals surface area contributed by atoms with Crippen LogP contribution < -0.4 is 15.6 Å². The molecule has 5 rings (SSSR count). The van der Waals surface area contributed by atoms with E-state index in [0.29, 0.717) is 62.3 Å². The quantitative estimate of drug-likeness (QED) is 0.186. The van der Waals surface area contributed by atoms with Crippen molar-refractivity contribution in [1.82, 2.24) is 24.7 Å². The monoisotopic (exact) mass is 659 g/mol. The van der Waals surface area contributed by atoms with E-state index in [4.69, 9.17) is 9.72 Å². The highest BCUT2D eigenvalue weighted by molar-refractivity contribution is 7.99. The van der Waals surface area contributed by atoms with Crippen molar-refractivity contribution in [2.45, 2.75) is 55.2 Å². The molecule has 2 heterocycles. The van der Waals surface area contributed by atoms with Crippen molar-refractivity contribution in [2.75, 3.05) is 52.5 Å². The van der Waals surface area contributed by atoms with Crippen LogP contribution in [0.15, 0.2) is 64.5 Å². The Hall–Kier alpha value is -3.39. The molecule has 0 spiro atoms. The number of halogens is 3. The van der Waals surface area contributed by atoms with Gasteiger partial charge in [0.05, 0.1) is 35.7 Å². The summed E-state index contributed by atoms with van der Waals surface area (Å²) in [5, 5.41) is 13.9. The number of alkyl halides is 3. The van der Waals surface area contributed by atoms with Gasteiger partial charge in [0.25, 0.3) is 5.56 Å². The van der Waals surface area contributed by atoms with Crippen LogP contribution in [0.4, 0.5) is 13.2 Å². The zero-order chi connectivity index (χ0) is 32.5. The molecule has 2 aromatic carbocycles. The van der Waals surface area contributed by atoms with Crippen LogP contribution in [0.1, 0.15) is 42.5 Å². The van der Waals surface area contributed by atoms with E-state index in [-0.39, 0.29) is 37.6 Å². The fourth-order valence-corrected chi connectivity index (χ4v) is 6.74. The summed E-state index contributed by atoms with van der Waals surface area (Å²) in [6.45, 7) is 3.48. The van der Waals surface area contributed by atoms with Gasteiger partial charge in [-0.05, 0) is 49.2 Å². The standard InChI is InChI=1S/C33H40F3N5O4S/c34-33(35,36)24-9-11-26(12-10-24)45-22-20-39(19-21-42)18-16-37-15-13-30(43)40-17-14-29-28(23-40)31(44)41(25-5-2-1-3-6-25)32(38-29)46-27-7-4-8-27/h1-3,5-6,9-12,27,37,42H,4,7-8,13-23H2. The molecule has 1 saturated carbocycles. The van der Waals surface area contributed by atoms with Crippen LogP contribution >= 0.6 is 11.8 Å². The molecule has 0 atom stereocenters. The SMILES string of the molecule is O=C(CCNCCN(CCO)CCOc1ccc(C(F)(F)F)cc1)N1CCc2nc(SC3CCC3)n(-c3ccccc3)c(=O)c2C1. The lowest BCUT2D eigenvalue weighted by Gasteiger charge is -2.30. The maximum Gasteiger partial charge on any atom is 0.416 e. The average Bonchev–Trinajstić information content (AvgIpc) is 3.02. The van der Waals surface area contributed by atoms with Crippen molar-refractivity contribution < 1.29 is 27.8 Å². The Morgan fingerprint density at radius 3 is 2.50 bits per heavy atom. The van der Waals surface area contributed by atoms with Crippen molar-refractivity contribution in [3.63, 3.8) is 0 Å². The largest absolute Gasteiger partial charge is 0.492 e. The molecular formula is C33H40F3N5O4S. The zero-order valence-electron chi connectivity index (χ0n) is 25.7. The van der Waals surface area contributed by atoms with Gasteiger partial charge in [-0.1, -0.05) is 36.4 Å². The van der Waals surface area contributed by atoms with E-state index in [9.17, 15) is 27.9 Å². The van der Waals surface area contributed by atoms with E-state index in [1.54, 1.807) is 21.2 Å². The molecule has 9 nitrogen and oxygen atoms in total. The van der Waals surface area contributed by atoms with Crippen LogP contribution in [0.5, 0.6) is 5.75 Å². The number of amides is 1. The van der Waals surface area contributed by atoms with E-state index in [1.165, 1.54) is 18.6 Å². The third-order valence-electron chi connectivity index (χ3n) is 8.28. The van der Waals surface area contributed by atoms with Gasteiger partial charge >= 0.3 is 6.18 Å². The molecule has 46 heavy (non-hydrogen) atoms. The summed E-state index contributed by atoms with van der Waals surface area (Å²) in [6.07, 6.45) is -0.112. The van der Waals surface area contributed by atoms with Crippen LogP contribution in [-0.2, 0) is 23.9 Å². The first-order valence-corrected chi connectivity index (χ1v) is 16.6. The average molecular weight is 660 g/mol. The number of rotatable bonds is 15. The van der Waals surface area contributed by atoms with Crippen LogP contribution in [0.2, 0.25) is 0 Å². The number of carbonyl (C=O) groups excluding carboxylic acids is 1. The molecule has 3 aromatic rings. The normalized spacial score (nSPS) is 15.1. The second-order valence-electron chi connectivity index (χ2n) is 11.5. The number of nitrogens with zero attached hydrogens (tertiary/aromatic N) is 4. The van der Waals surface area contributed by atoms with Crippen molar-refractivity contribution in [3.05, 3.63) is 81.8 Å². The summed E-state index contributed by atoms with van der Waals surface area (Å²) < 4.78 is 45.5. The van der Waals surface area contributed by atoms with Crippen LogP contribution in [0.3, 0.4) is 0 Å². The number of fused-ring (bicyclic) bond motifs is 1.